The molecule has 3 aromatic rings. The van der Waals surface area contributed by atoms with Crippen molar-refractivity contribution in [3.05, 3.63) is 101 Å². The molecule has 27 heavy (non-hydrogen) atoms. The summed E-state index contributed by atoms with van der Waals surface area (Å²) in [5.41, 5.74) is 1.11. The number of carbonyl (C=O) groups excluding carboxylic acids is 1. The van der Waals surface area contributed by atoms with Gasteiger partial charge in [0.15, 0.2) is 0 Å². The second-order valence-corrected chi connectivity index (χ2v) is 6.03. The van der Waals surface area contributed by atoms with Crippen LogP contribution in [0.15, 0.2) is 78.9 Å². The lowest BCUT2D eigenvalue weighted by Gasteiger charge is -2.09. The smallest absolute Gasteiger partial charge is 0.336 e. The third kappa shape index (κ3) is 5.43. The minimum absolute atomic E-state index is 0.0318. The Labute approximate surface area is 161 Å². The van der Waals surface area contributed by atoms with Gasteiger partial charge in [-0.05, 0) is 48.0 Å². The lowest BCUT2D eigenvalue weighted by molar-refractivity contribution is -0.128. The Morgan fingerprint density at radius 1 is 0.926 bits per heavy atom. The average molecular weight is 383 g/mol. The van der Waals surface area contributed by atoms with Crippen LogP contribution in [-0.2, 0) is 11.4 Å². The molecule has 5 heteroatoms. The van der Waals surface area contributed by atoms with Gasteiger partial charge in [0, 0.05) is 11.6 Å². The van der Waals surface area contributed by atoms with Gasteiger partial charge in [0.1, 0.15) is 23.9 Å². The van der Waals surface area contributed by atoms with E-state index in [9.17, 15) is 9.18 Å². The van der Waals surface area contributed by atoms with E-state index >= 15 is 0 Å². The Morgan fingerprint density at radius 2 is 1.67 bits per heavy atom. The van der Waals surface area contributed by atoms with Crippen molar-refractivity contribution in [3.63, 3.8) is 0 Å². The van der Waals surface area contributed by atoms with Crippen molar-refractivity contribution < 1.29 is 18.7 Å². The van der Waals surface area contributed by atoms with Crippen LogP contribution < -0.4 is 9.47 Å². The second kappa shape index (κ2) is 9.01. The van der Waals surface area contributed by atoms with Crippen LogP contribution in [0, 0.1) is 5.82 Å². The Bertz CT molecular complexity index is 917. The molecule has 0 aliphatic carbocycles. The van der Waals surface area contributed by atoms with E-state index in [1.165, 1.54) is 12.1 Å². The molecule has 0 radical (unpaired) electrons. The first-order valence-corrected chi connectivity index (χ1v) is 8.60. The Hall–Kier alpha value is -3.11. The summed E-state index contributed by atoms with van der Waals surface area (Å²) >= 11 is 5.98. The number of carbonyl (C=O) groups is 1. The van der Waals surface area contributed by atoms with E-state index in [-0.39, 0.29) is 6.61 Å². The number of rotatable bonds is 6. The summed E-state index contributed by atoms with van der Waals surface area (Å²) < 4.78 is 24.5. The number of hydrogen-bond acceptors (Lipinski definition) is 3. The van der Waals surface area contributed by atoms with Gasteiger partial charge in [-0.15, -0.1) is 0 Å². The number of halogens is 2. The minimum atomic E-state index is -0.462. The van der Waals surface area contributed by atoms with Gasteiger partial charge in [-0.3, -0.25) is 0 Å². The SMILES string of the molecule is O=C(/C=C/c1ccc(OCc2c(F)cccc2Cl)cc1)Oc1ccccc1. The molecule has 0 unspecified atom stereocenters. The van der Waals surface area contributed by atoms with Crippen molar-refractivity contribution >= 4 is 23.6 Å². The fraction of sp³-hybridized carbons (Fsp3) is 0.0455. The Morgan fingerprint density at radius 3 is 2.37 bits per heavy atom. The van der Waals surface area contributed by atoms with E-state index in [1.807, 2.05) is 6.07 Å². The summed E-state index contributed by atoms with van der Waals surface area (Å²) in [6, 6.07) is 20.4. The van der Waals surface area contributed by atoms with Crippen LogP contribution in [-0.4, -0.2) is 5.97 Å². The zero-order valence-electron chi connectivity index (χ0n) is 14.3. The zero-order chi connectivity index (χ0) is 19.1. The van der Waals surface area contributed by atoms with Gasteiger partial charge in [0.25, 0.3) is 0 Å². The predicted octanol–water partition coefficient (Wildman–Crippen LogP) is 5.68. The molecule has 0 aliphatic rings. The van der Waals surface area contributed by atoms with Crippen LogP contribution in [0.4, 0.5) is 4.39 Å². The topological polar surface area (TPSA) is 35.5 Å². The monoisotopic (exact) mass is 382 g/mol. The van der Waals surface area contributed by atoms with Crippen molar-refractivity contribution in [1.82, 2.24) is 0 Å². The van der Waals surface area contributed by atoms with E-state index in [4.69, 9.17) is 21.1 Å². The zero-order valence-corrected chi connectivity index (χ0v) is 15.0. The number of para-hydroxylation sites is 1. The number of esters is 1. The van der Waals surface area contributed by atoms with E-state index in [1.54, 1.807) is 66.7 Å². The van der Waals surface area contributed by atoms with E-state index in [2.05, 4.69) is 0 Å². The van der Waals surface area contributed by atoms with Gasteiger partial charge >= 0.3 is 5.97 Å². The molecule has 0 saturated carbocycles. The number of benzene rings is 3. The third-order valence-corrected chi connectivity index (χ3v) is 4.05. The van der Waals surface area contributed by atoms with Crippen molar-refractivity contribution in [1.29, 1.82) is 0 Å². The molecule has 0 aliphatic heterocycles. The highest BCUT2D eigenvalue weighted by molar-refractivity contribution is 6.31. The summed E-state index contributed by atoms with van der Waals surface area (Å²) in [5.74, 6) is 0.190. The van der Waals surface area contributed by atoms with Gasteiger partial charge in [-0.1, -0.05) is 48.0 Å². The van der Waals surface area contributed by atoms with E-state index in [0.29, 0.717) is 22.1 Å². The van der Waals surface area contributed by atoms with Crippen molar-refractivity contribution in [2.24, 2.45) is 0 Å². The highest BCUT2D eigenvalue weighted by Crippen LogP contribution is 2.22. The molecular weight excluding hydrogens is 367 g/mol. The maximum atomic E-state index is 13.7. The van der Waals surface area contributed by atoms with Crippen LogP contribution in [0.1, 0.15) is 11.1 Å². The molecule has 0 N–H and O–H groups in total. The Balaban J connectivity index is 1.56. The third-order valence-electron chi connectivity index (χ3n) is 3.70. The van der Waals surface area contributed by atoms with Crippen LogP contribution in [0.5, 0.6) is 11.5 Å². The number of hydrogen-bond donors (Lipinski definition) is 0. The van der Waals surface area contributed by atoms with Crippen LogP contribution in [0.3, 0.4) is 0 Å². The molecule has 3 aromatic carbocycles. The fourth-order valence-electron chi connectivity index (χ4n) is 2.30. The molecule has 0 saturated heterocycles. The van der Waals surface area contributed by atoms with Crippen molar-refractivity contribution in [2.45, 2.75) is 6.61 Å². The van der Waals surface area contributed by atoms with Gasteiger partial charge in [-0.2, -0.15) is 0 Å². The summed E-state index contributed by atoms with van der Waals surface area (Å²) in [6.45, 7) is 0.0318. The molecule has 0 fully saturated rings. The minimum Gasteiger partial charge on any atom is -0.489 e. The van der Waals surface area contributed by atoms with Crippen LogP contribution in [0.2, 0.25) is 5.02 Å². The highest BCUT2D eigenvalue weighted by atomic mass is 35.5. The largest absolute Gasteiger partial charge is 0.489 e. The molecular formula is C22H16ClFO3. The maximum absolute atomic E-state index is 13.7. The molecule has 0 aromatic heterocycles. The van der Waals surface area contributed by atoms with Crippen LogP contribution >= 0.6 is 11.6 Å². The first-order chi connectivity index (χ1) is 13.1. The molecule has 0 spiro atoms. The molecule has 0 heterocycles. The standard InChI is InChI=1S/C22H16ClFO3/c23-20-7-4-8-21(24)19(20)15-26-17-12-9-16(10-13-17)11-14-22(25)27-18-5-2-1-3-6-18/h1-14H,15H2/b14-11+. The maximum Gasteiger partial charge on any atom is 0.336 e. The normalized spacial score (nSPS) is 10.7. The first-order valence-electron chi connectivity index (χ1n) is 8.22. The van der Waals surface area contributed by atoms with Gasteiger partial charge < -0.3 is 9.47 Å². The highest BCUT2D eigenvalue weighted by Gasteiger charge is 2.07. The first kappa shape index (κ1) is 18.7. The summed E-state index contributed by atoms with van der Waals surface area (Å²) in [4.78, 5) is 11.8. The molecule has 136 valence electrons. The van der Waals surface area contributed by atoms with E-state index < -0.39 is 11.8 Å². The molecule has 3 rings (SSSR count). The van der Waals surface area contributed by atoms with Gasteiger partial charge in [0.05, 0.1) is 5.02 Å². The van der Waals surface area contributed by atoms with Crippen LogP contribution in [0.25, 0.3) is 6.08 Å². The van der Waals surface area contributed by atoms with Crippen molar-refractivity contribution in [3.8, 4) is 11.5 Å². The molecule has 0 atom stereocenters. The summed E-state index contributed by atoms with van der Waals surface area (Å²) in [7, 11) is 0. The molecule has 3 nitrogen and oxygen atoms in total. The summed E-state index contributed by atoms with van der Waals surface area (Å²) in [5, 5.41) is 0.325. The quantitative estimate of drug-likeness (QED) is 0.312. The lowest BCUT2D eigenvalue weighted by Crippen LogP contribution is -2.03. The lowest BCUT2D eigenvalue weighted by atomic mass is 10.2. The fourth-order valence-corrected chi connectivity index (χ4v) is 2.52. The summed E-state index contributed by atoms with van der Waals surface area (Å²) in [6.07, 6.45) is 2.99. The Kier molecular flexibility index (Phi) is 6.23. The van der Waals surface area contributed by atoms with Crippen molar-refractivity contribution in [2.75, 3.05) is 0 Å². The second-order valence-electron chi connectivity index (χ2n) is 5.63. The van der Waals surface area contributed by atoms with Gasteiger partial charge in [-0.25, -0.2) is 9.18 Å². The molecule has 0 bridgehead atoms. The van der Waals surface area contributed by atoms with E-state index in [0.717, 1.165) is 5.56 Å². The predicted molar refractivity (Wildman–Crippen MR) is 103 cm³/mol. The average Bonchev–Trinajstić information content (AvgIpc) is 2.68. The molecule has 0 amide bonds. The number of ether oxygens (including phenoxy) is 2. The van der Waals surface area contributed by atoms with Gasteiger partial charge in [0.2, 0.25) is 0 Å².